The minimum Gasteiger partial charge on any atom is -0.127 e. The first kappa shape index (κ1) is 11.4. The zero-order valence-electron chi connectivity index (χ0n) is 7.89. The Labute approximate surface area is 93.9 Å². The van der Waals surface area contributed by atoms with Crippen LogP contribution in [0.4, 0.5) is 0 Å². The monoisotopic (exact) mass is 236 g/mol. The summed E-state index contributed by atoms with van der Waals surface area (Å²) in [5.74, 6) is 0.684. The van der Waals surface area contributed by atoms with Crippen LogP contribution >= 0.6 is 34.5 Å². The summed E-state index contributed by atoms with van der Waals surface area (Å²) in [6.45, 7) is 4.42. The second-order valence-corrected chi connectivity index (χ2v) is 5.63. The molecule has 2 atom stereocenters. The van der Waals surface area contributed by atoms with Gasteiger partial charge in [-0.25, -0.2) is 0 Å². The van der Waals surface area contributed by atoms with Crippen molar-refractivity contribution in [1.29, 1.82) is 0 Å². The fourth-order valence-electron chi connectivity index (χ4n) is 1.13. The van der Waals surface area contributed by atoms with E-state index in [-0.39, 0.29) is 5.38 Å². The van der Waals surface area contributed by atoms with Crippen molar-refractivity contribution in [1.82, 2.24) is 0 Å². The maximum atomic E-state index is 6.24. The van der Waals surface area contributed by atoms with Crippen LogP contribution in [0.1, 0.15) is 36.9 Å². The van der Waals surface area contributed by atoms with E-state index in [0.29, 0.717) is 5.92 Å². The van der Waals surface area contributed by atoms with Crippen LogP contribution in [0.25, 0.3) is 0 Å². The molecule has 0 radical (unpaired) electrons. The molecule has 2 unspecified atom stereocenters. The lowest BCUT2D eigenvalue weighted by Crippen LogP contribution is -1.96. The largest absolute Gasteiger partial charge is 0.127 e. The molecule has 3 heteroatoms. The highest BCUT2D eigenvalue weighted by molar-refractivity contribution is 7.16. The highest BCUT2D eigenvalue weighted by atomic mass is 35.5. The van der Waals surface area contributed by atoms with E-state index >= 15 is 0 Å². The Balaban J connectivity index is 2.53. The Morgan fingerprint density at radius 1 is 1.46 bits per heavy atom. The molecule has 0 aliphatic carbocycles. The number of thiophene rings is 1. The maximum Gasteiger partial charge on any atom is 0.0931 e. The Morgan fingerprint density at radius 2 is 2.15 bits per heavy atom. The lowest BCUT2D eigenvalue weighted by atomic mass is 10.0. The molecule has 0 fully saturated rings. The molecule has 1 heterocycles. The molecule has 0 N–H and O–H groups in total. The van der Waals surface area contributed by atoms with Crippen LogP contribution in [0.5, 0.6) is 0 Å². The molecule has 0 aromatic carbocycles. The second-order valence-electron chi connectivity index (χ2n) is 3.36. The average Bonchev–Trinajstić information content (AvgIpc) is 2.51. The quantitative estimate of drug-likeness (QED) is 0.637. The van der Waals surface area contributed by atoms with Gasteiger partial charge in [0.2, 0.25) is 0 Å². The lowest BCUT2D eigenvalue weighted by Gasteiger charge is -2.12. The van der Waals surface area contributed by atoms with Crippen LogP contribution in [-0.4, -0.2) is 0 Å². The zero-order valence-corrected chi connectivity index (χ0v) is 10.2. The van der Waals surface area contributed by atoms with Gasteiger partial charge in [0.1, 0.15) is 0 Å². The summed E-state index contributed by atoms with van der Waals surface area (Å²) in [5.41, 5.74) is 0. The number of hydrogen-bond donors (Lipinski definition) is 0. The molecule has 0 saturated heterocycles. The molecule has 0 saturated carbocycles. The molecule has 0 aliphatic heterocycles. The van der Waals surface area contributed by atoms with Crippen LogP contribution in [0, 0.1) is 5.92 Å². The number of halogens is 2. The summed E-state index contributed by atoms with van der Waals surface area (Å²) in [6.07, 6.45) is 2.22. The van der Waals surface area contributed by atoms with Crippen LogP contribution in [0.15, 0.2) is 12.1 Å². The Morgan fingerprint density at radius 3 is 2.62 bits per heavy atom. The summed E-state index contributed by atoms with van der Waals surface area (Å²) < 4.78 is 0.824. The number of alkyl halides is 1. The van der Waals surface area contributed by atoms with Gasteiger partial charge in [-0.05, 0) is 24.5 Å². The van der Waals surface area contributed by atoms with Gasteiger partial charge in [0.05, 0.1) is 9.71 Å². The van der Waals surface area contributed by atoms with Crippen molar-refractivity contribution in [3.8, 4) is 0 Å². The van der Waals surface area contributed by atoms with Crippen molar-refractivity contribution < 1.29 is 0 Å². The Bertz CT molecular complexity index is 257. The van der Waals surface area contributed by atoms with Crippen molar-refractivity contribution in [2.24, 2.45) is 5.92 Å². The fourth-order valence-corrected chi connectivity index (χ4v) is 2.69. The lowest BCUT2D eigenvalue weighted by molar-refractivity contribution is 0.510. The molecule has 1 rings (SSSR count). The summed E-state index contributed by atoms with van der Waals surface area (Å²) in [5, 5.41) is 0.132. The van der Waals surface area contributed by atoms with E-state index in [0.717, 1.165) is 10.8 Å². The van der Waals surface area contributed by atoms with Crippen LogP contribution in [-0.2, 0) is 0 Å². The van der Waals surface area contributed by atoms with E-state index in [9.17, 15) is 0 Å². The highest BCUT2D eigenvalue weighted by Gasteiger charge is 2.13. The highest BCUT2D eigenvalue weighted by Crippen LogP contribution is 2.35. The van der Waals surface area contributed by atoms with Gasteiger partial charge in [-0.15, -0.1) is 22.9 Å². The number of hydrogen-bond acceptors (Lipinski definition) is 1. The van der Waals surface area contributed by atoms with E-state index in [1.54, 1.807) is 11.3 Å². The van der Waals surface area contributed by atoms with Gasteiger partial charge < -0.3 is 0 Å². The van der Waals surface area contributed by atoms with Crippen LogP contribution in [0.3, 0.4) is 0 Å². The van der Waals surface area contributed by atoms with E-state index in [4.69, 9.17) is 23.2 Å². The van der Waals surface area contributed by atoms with Crippen molar-refractivity contribution >= 4 is 34.5 Å². The molecule has 74 valence electrons. The predicted octanol–water partition coefficient (Wildman–Crippen LogP) is 5.12. The average molecular weight is 237 g/mol. The second kappa shape index (κ2) is 5.23. The molecule has 0 spiro atoms. The van der Waals surface area contributed by atoms with E-state index in [2.05, 4.69) is 13.8 Å². The first-order valence-corrected chi connectivity index (χ1v) is 6.15. The minimum atomic E-state index is 0.132. The minimum absolute atomic E-state index is 0.132. The molecule has 0 bridgehead atoms. The number of rotatable bonds is 4. The van der Waals surface area contributed by atoms with E-state index in [1.165, 1.54) is 11.3 Å². The van der Waals surface area contributed by atoms with Gasteiger partial charge in [-0.2, -0.15) is 0 Å². The first-order chi connectivity index (χ1) is 6.13. The zero-order chi connectivity index (χ0) is 9.84. The molecule has 0 amide bonds. The van der Waals surface area contributed by atoms with Gasteiger partial charge >= 0.3 is 0 Å². The SMILES string of the molecule is CCC(C)CC(Cl)c1ccc(Cl)s1. The molecule has 13 heavy (non-hydrogen) atoms. The standard InChI is InChI=1S/C10H14Cl2S/c1-3-7(2)6-8(11)9-4-5-10(12)13-9/h4-5,7-8H,3,6H2,1-2H3. The van der Waals surface area contributed by atoms with E-state index < -0.39 is 0 Å². The van der Waals surface area contributed by atoms with Gasteiger partial charge in [-0.3, -0.25) is 0 Å². The predicted molar refractivity (Wildman–Crippen MR) is 62.0 cm³/mol. The third kappa shape index (κ3) is 3.49. The summed E-state index contributed by atoms with van der Waals surface area (Å²) in [6, 6.07) is 3.93. The first-order valence-electron chi connectivity index (χ1n) is 4.52. The molecule has 0 nitrogen and oxygen atoms in total. The Kier molecular flexibility index (Phi) is 4.57. The van der Waals surface area contributed by atoms with Gasteiger partial charge in [0.15, 0.2) is 0 Å². The molecule has 1 aromatic rings. The molecular weight excluding hydrogens is 223 g/mol. The molecule has 0 aliphatic rings. The van der Waals surface area contributed by atoms with Gasteiger partial charge in [0, 0.05) is 4.88 Å². The fraction of sp³-hybridized carbons (Fsp3) is 0.600. The van der Waals surface area contributed by atoms with Crippen LogP contribution < -0.4 is 0 Å². The van der Waals surface area contributed by atoms with E-state index in [1.807, 2.05) is 12.1 Å². The topological polar surface area (TPSA) is 0 Å². The maximum absolute atomic E-state index is 6.24. The Hall–Kier alpha value is 0.280. The van der Waals surface area contributed by atoms with Crippen molar-refractivity contribution in [3.05, 3.63) is 21.3 Å². The van der Waals surface area contributed by atoms with Crippen molar-refractivity contribution in [2.45, 2.75) is 32.1 Å². The molecule has 1 aromatic heterocycles. The third-order valence-electron chi connectivity index (χ3n) is 2.21. The normalized spacial score (nSPS) is 15.7. The summed E-state index contributed by atoms with van der Waals surface area (Å²) in [7, 11) is 0. The summed E-state index contributed by atoms with van der Waals surface area (Å²) >= 11 is 13.7. The van der Waals surface area contributed by atoms with Gasteiger partial charge in [-0.1, -0.05) is 31.9 Å². The summed E-state index contributed by atoms with van der Waals surface area (Å²) in [4.78, 5) is 1.19. The van der Waals surface area contributed by atoms with Crippen molar-refractivity contribution in [2.75, 3.05) is 0 Å². The van der Waals surface area contributed by atoms with Gasteiger partial charge in [0.25, 0.3) is 0 Å². The smallest absolute Gasteiger partial charge is 0.0931 e. The van der Waals surface area contributed by atoms with Crippen LogP contribution in [0.2, 0.25) is 4.34 Å². The van der Waals surface area contributed by atoms with Crippen molar-refractivity contribution in [3.63, 3.8) is 0 Å². The molecular formula is C10H14Cl2S. The third-order valence-corrected chi connectivity index (χ3v) is 4.10.